The topological polar surface area (TPSA) is 91.8 Å². The predicted octanol–water partition coefficient (Wildman–Crippen LogP) is 6.01. The Hall–Kier alpha value is -3.31. The molecule has 0 unspecified atom stereocenters. The van der Waals surface area contributed by atoms with Gasteiger partial charge < -0.3 is 14.5 Å². The Labute approximate surface area is 234 Å². The van der Waals surface area contributed by atoms with E-state index < -0.39 is 10.0 Å². The van der Waals surface area contributed by atoms with Crippen molar-refractivity contribution in [1.29, 1.82) is 0 Å². The van der Waals surface area contributed by atoms with Gasteiger partial charge in [0.2, 0.25) is 0 Å². The minimum absolute atomic E-state index is 0.00872. The van der Waals surface area contributed by atoms with Crippen LogP contribution in [0.2, 0.25) is 10.0 Å². The van der Waals surface area contributed by atoms with Gasteiger partial charge in [0.05, 0.1) is 21.2 Å². The van der Waals surface area contributed by atoms with Gasteiger partial charge in [-0.2, -0.15) is 0 Å². The predicted molar refractivity (Wildman–Crippen MR) is 150 cm³/mol. The third-order valence-corrected chi connectivity index (χ3v) is 8.67. The Morgan fingerprint density at radius 2 is 1.71 bits per heavy atom. The molecule has 12 heteroatoms. The lowest BCUT2D eigenvalue weighted by molar-refractivity contribution is 0.0748. The fourth-order valence-electron chi connectivity index (χ4n) is 3.97. The van der Waals surface area contributed by atoms with E-state index in [1.165, 1.54) is 42.5 Å². The summed E-state index contributed by atoms with van der Waals surface area (Å²) in [7, 11) is -4.01. The molecule has 1 fully saturated rings. The number of rotatable bonds is 7. The summed E-state index contributed by atoms with van der Waals surface area (Å²) >= 11 is 13.9. The van der Waals surface area contributed by atoms with Crippen molar-refractivity contribution in [1.82, 2.24) is 9.88 Å². The van der Waals surface area contributed by atoms with E-state index in [9.17, 15) is 13.2 Å². The summed E-state index contributed by atoms with van der Waals surface area (Å²) < 4.78 is 34.7. The molecule has 1 aliphatic rings. The van der Waals surface area contributed by atoms with Crippen molar-refractivity contribution in [3.63, 3.8) is 0 Å². The van der Waals surface area contributed by atoms with E-state index in [-0.39, 0.29) is 22.1 Å². The van der Waals surface area contributed by atoms with Gasteiger partial charge in [-0.05, 0) is 54.6 Å². The number of thiazole rings is 1. The van der Waals surface area contributed by atoms with Gasteiger partial charge in [0.1, 0.15) is 11.5 Å². The van der Waals surface area contributed by atoms with Gasteiger partial charge in [0, 0.05) is 42.8 Å². The molecule has 5 rings (SSSR count). The summed E-state index contributed by atoms with van der Waals surface area (Å²) in [5.74, 6) is 0.587. The number of aromatic nitrogens is 1. The van der Waals surface area contributed by atoms with Crippen LogP contribution in [0.3, 0.4) is 0 Å². The second-order valence-corrected chi connectivity index (χ2v) is 11.8. The van der Waals surface area contributed by atoms with Crippen LogP contribution in [0.15, 0.2) is 83.2 Å². The number of nitrogens with one attached hydrogen (secondary N) is 1. The van der Waals surface area contributed by atoms with Crippen LogP contribution < -0.4 is 14.4 Å². The van der Waals surface area contributed by atoms with Crippen molar-refractivity contribution in [3.05, 3.63) is 93.9 Å². The number of hydrogen-bond donors (Lipinski definition) is 1. The number of halogens is 2. The summed E-state index contributed by atoms with van der Waals surface area (Å²) in [6.45, 7) is 2.21. The number of amides is 1. The molecule has 1 aliphatic heterocycles. The molecule has 196 valence electrons. The standard InChI is InChI=1S/C26H22Cl2N4O4S2/c27-18-5-10-23(21(17-18)25(33)31-12-14-32(15-13-31)26-29-11-16-37-26)30-38(34,35)20-8-6-19(7-9-20)36-24-4-2-1-3-22(24)28/h1-11,16-17,30H,12-15H2. The van der Waals surface area contributed by atoms with Crippen LogP contribution in [0.4, 0.5) is 10.8 Å². The Balaban J connectivity index is 1.31. The lowest BCUT2D eigenvalue weighted by atomic mass is 10.1. The second-order valence-electron chi connectivity index (χ2n) is 8.39. The number of benzene rings is 3. The first-order valence-electron chi connectivity index (χ1n) is 11.6. The number of hydrogen-bond acceptors (Lipinski definition) is 7. The average molecular weight is 590 g/mol. The highest BCUT2D eigenvalue weighted by Gasteiger charge is 2.26. The molecule has 0 bridgehead atoms. The zero-order chi connectivity index (χ0) is 26.7. The van der Waals surface area contributed by atoms with E-state index in [1.54, 1.807) is 46.7 Å². The van der Waals surface area contributed by atoms with Gasteiger partial charge in [-0.15, -0.1) is 11.3 Å². The Bertz CT molecular complexity index is 1540. The molecule has 1 amide bonds. The molecule has 0 radical (unpaired) electrons. The van der Waals surface area contributed by atoms with Crippen molar-refractivity contribution in [2.75, 3.05) is 35.8 Å². The van der Waals surface area contributed by atoms with Crippen LogP contribution in [0.1, 0.15) is 10.4 Å². The van der Waals surface area contributed by atoms with E-state index >= 15 is 0 Å². The molecule has 3 aromatic carbocycles. The van der Waals surface area contributed by atoms with Crippen LogP contribution in [-0.2, 0) is 10.0 Å². The van der Waals surface area contributed by atoms with Gasteiger partial charge in [-0.25, -0.2) is 13.4 Å². The highest BCUT2D eigenvalue weighted by molar-refractivity contribution is 7.92. The molecule has 0 aliphatic carbocycles. The van der Waals surface area contributed by atoms with E-state index in [4.69, 9.17) is 27.9 Å². The normalized spacial score (nSPS) is 13.8. The van der Waals surface area contributed by atoms with Crippen LogP contribution in [0.25, 0.3) is 0 Å². The number of piperazine rings is 1. The van der Waals surface area contributed by atoms with Crippen molar-refractivity contribution in [3.8, 4) is 11.5 Å². The molecular formula is C26H22Cl2N4O4S2. The number of sulfonamides is 1. The summed E-state index contributed by atoms with van der Waals surface area (Å²) in [6.07, 6.45) is 1.75. The minimum atomic E-state index is -4.01. The highest BCUT2D eigenvalue weighted by atomic mass is 35.5. The van der Waals surface area contributed by atoms with Crippen LogP contribution in [0, 0.1) is 0 Å². The lowest BCUT2D eigenvalue weighted by Gasteiger charge is -2.35. The van der Waals surface area contributed by atoms with E-state index in [0.29, 0.717) is 47.7 Å². The molecular weight excluding hydrogens is 567 g/mol. The maximum Gasteiger partial charge on any atom is 0.261 e. The Morgan fingerprint density at radius 3 is 2.39 bits per heavy atom. The van der Waals surface area contributed by atoms with Gasteiger partial charge in [0.15, 0.2) is 5.13 Å². The molecule has 2 heterocycles. The molecule has 4 aromatic rings. The van der Waals surface area contributed by atoms with E-state index in [1.807, 2.05) is 5.38 Å². The highest BCUT2D eigenvalue weighted by Crippen LogP contribution is 2.30. The maximum atomic E-state index is 13.4. The third-order valence-electron chi connectivity index (χ3n) is 5.91. The van der Waals surface area contributed by atoms with E-state index in [0.717, 1.165) is 5.13 Å². The van der Waals surface area contributed by atoms with Crippen molar-refractivity contribution >= 4 is 61.3 Å². The maximum absolute atomic E-state index is 13.4. The molecule has 0 atom stereocenters. The first kappa shape index (κ1) is 26.3. The second kappa shape index (κ2) is 11.2. The summed E-state index contributed by atoms with van der Waals surface area (Å²) in [5, 5.41) is 3.60. The first-order valence-corrected chi connectivity index (χ1v) is 14.7. The van der Waals surface area contributed by atoms with Gasteiger partial charge in [0.25, 0.3) is 15.9 Å². The van der Waals surface area contributed by atoms with Crippen molar-refractivity contribution in [2.45, 2.75) is 4.90 Å². The number of nitrogens with zero attached hydrogens (tertiary/aromatic N) is 3. The fraction of sp³-hybridized carbons (Fsp3) is 0.154. The zero-order valence-corrected chi connectivity index (χ0v) is 23.0. The van der Waals surface area contributed by atoms with E-state index in [2.05, 4.69) is 14.6 Å². The number of carbonyl (C=O) groups is 1. The molecule has 1 saturated heterocycles. The van der Waals surface area contributed by atoms with Crippen molar-refractivity contribution < 1.29 is 17.9 Å². The zero-order valence-electron chi connectivity index (χ0n) is 19.9. The number of para-hydroxylation sites is 1. The lowest BCUT2D eigenvalue weighted by Crippen LogP contribution is -2.48. The Kier molecular flexibility index (Phi) is 7.75. The summed E-state index contributed by atoms with van der Waals surface area (Å²) in [5.41, 5.74) is 0.334. The smallest absolute Gasteiger partial charge is 0.261 e. The SMILES string of the molecule is O=C(c1cc(Cl)ccc1NS(=O)(=O)c1ccc(Oc2ccccc2Cl)cc1)N1CCN(c2nccs2)CC1. The quantitative estimate of drug-likeness (QED) is 0.284. The number of carbonyl (C=O) groups excluding carboxylic acids is 1. The Morgan fingerprint density at radius 1 is 0.974 bits per heavy atom. The largest absolute Gasteiger partial charge is 0.456 e. The van der Waals surface area contributed by atoms with Crippen LogP contribution in [-0.4, -0.2) is 50.4 Å². The van der Waals surface area contributed by atoms with Crippen molar-refractivity contribution in [2.24, 2.45) is 0 Å². The monoisotopic (exact) mass is 588 g/mol. The number of ether oxygens (including phenoxy) is 1. The molecule has 38 heavy (non-hydrogen) atoms. The first-order chi connectivity index (χ1) is 18.3. The molecule has 0 saturated carbocycles. The van der Waals surface area contributed by atoms with Gasteiger partial charge in [-0.1, -0.05) is 35.3 Å². The minimum Gasteiger partial charge on any atom is -0.456 e. The van der Waals surface area contributed by atoms with Crippen LogP contribution in [0.5, 0.6) is 11.5 Å². The average Bonchev–Trinajstić information content (AvgIpc) is 3.46. The summed E-state index contributed by atoms with van der Waals surface area (Å²) in [6, 6.07) is 17.4. The molecule has 0 spiro atoms. The van der Waals surface area contributed by atoms with Gasteiger partial charge >= 0.3 is 0 Å². The fourth-order valence-corrected chi connectivity index (χ4v) is 6.09. The summed E-state index contributed by atoms with van der Waals surface area (Å²) in [4.78, 5) is 21.6. The molecule has 1 aromatic heterocycles. The van der Waals surface area contributed by atoms with Gasteiger partial charge in [-0.3, -0.25) is 9.52 Å². The third kappa shape index (κ3) is 5.88. The molecule has 8 nitrogen and oxygen atoms in total. The van der Waals surface area contributed by atoms with Crippen LogP contribution >= 0.6 is 34.5 Å². The molecule has 1 N–H and O–H groups in total. The number of anilines is 2.